The summed E-state index contributed by atoms with van der Waals surface area (Å²) in [5.74, 6) is 0. The van der Waals surface area contributed by atoms with Crippen molar-refractivity contribution < 1.29 is 14.6 Å². The molecule has 0 radical (unpaired) electrons. The molecule has 0 aromatic rings. The average molecular weight is 174 g/mol. The molecule has 1 aliphatic rings. The molecule has 5 heteroatoms. The number of methoxy groups -OCH3 is 1. The molecule has 0 unspecified atom stereocenters. The molecule has 0 saturated carbocycles. The molecular formula is C7H14N2O3. The first-order chi connectivity index (χ1) is 5.63. The lowest BCUT2D eigenvalue weighted by atomic mass is 10.0. The predicted octanol–water partition coefficient (Wildman–Crippen LogP) is -0.288. The van der Waals surface area contributed by atoms with Crippen molar-refractivity contribution in [3.8, 4) is 0 Å². The fraction of sp³-hybridized carbons (Fsp3) is 0.857. The Morgan fingerprint density at radius 3 is 2.83 bits per heavy atom. The minimum atomic E-state index is -0.924. The summed E-state index contributed by atoms with van der Waals surface area (Å²) in [7, 11) is 1.57. The molecule has 12 heavy (non-hydrogen) atoms. The smallest absolute Gasteiger partial charge is 0.407 e. The van der Waals surface area contributed by atoms with E-state index in [2.05, 4.69) is 0 Å². The molecule has 0 aromatic carbocycles. The van der Waals surface area contributed by atoms with E-state index in [0.717, 1.165) is 6.42 Å². The van der Waals surface area contributed by atoms with Gasteiger partial charge in [-0.05, 0) is 6.42 Å². The summed E-state index contributed by atoms with van der Waals surface area (Å²) in [5, 5.41) is 8.68. The lowest BCUT2D eigenvalue weighted by Crippen LogP contribution is -2.51. The first-order valence-corrected chi connectivity index (χ1v) is 3.89. The van der Waals surface area contributed by atoms with Gasteiger partial charge in [-0.1, -0.05) is 0 Å². The number of hydrogen-bond acceptors (Lipinski definition) is 3. The SMILES string of the molecule is CO[C@@H]1C[C@@H](N)CN(C(=O)O)C1. The lowest BCUT2D eigenvalue weighted by Gasteiger charge is -2.33. The number of nitrogens with two attached hydrogens (primary N) is 1. The van der Waals surface area contributed by atoms with Crippen LogP contribution >= 0.6 is 0 Å². The van der Waals surface area contributed by atoms with Gasteiger partial charge in [-0.3, -0.25) is 0 Å². The molecule has 0 aromatic heterocycles. The van der Waals surface area contributed by atoms with Crippen molar-refractivity contribution in [2.24, 2.45) is 5.73 Å². The Bertz CT molecular complexity index is 174. The first kappa shape index (κ1) is 9.28. The van der Waals surface area contributed by atoms with Crippen LogP contribution in [0, 0.1) is 0 Å². The van der Waals surface area contributed by atoms with Crippen molar-refractivity contribution in [1.82, 2.24) is 4.90 Å². The van der Waals surface area contributed by atoms with Crippen molar-refractivity contribution >= 4 is 6.09 Å². The van der Waals surface area contributed by atoms with Gasteiger partial charge in [0.15, 0.2) is 0 Å². The number of piperidine rings is 1. The van der Waals surface area contributed by atoms with E-state index >= 15 is 0 Å². The maximum absolute atomic E-state index is 10.6. The van der Waals surface area contributed by atoms with Crippen LogP contribution in [0.15, 0.2) is 0 Å². The molecule has 0 spiro atoms. The number of carbonyl (C=O) groups is 1. The van der Waals surface area contributed by atoms with Crippen molar-refractivity contribution in [2.45, 2.75) is 18.6 Å². The Balaban J connectivity index is 2.51. The molecule has 1 aliphatic heterocycles. The number of ether oxygens (including phenoxy) is 1. The quantitative estimate of drug-likeness (QED) is 0.573. The van der Waals surface area contributed by atoms with Gasteiger partial charge in [0.05, 0.1) is 12.6 Å². The fourth-order valence-corrected chi connectivity index (χ4v) is 1.42. The monoisotopic (exact) mass is 174 g/mol. The van der Waals surface area contributed by atoms with E-state index in [9.17, 15) is 4.79 Å². The van der Waals surface area contributed by atoms with E-state index in [4.69, 9.17) is 15.6 Å². The highest BCUT2D eigenvalue weighted by atomic mass is 16.5. The molecule has 1 heterocycles. The summed E-state index contributed by atoms with van der Waals surface area (Å²) >= 11 is 0. The van der Waals surface area contributed by atoms with E-state index < -0.39 is 6.09 Å². The van der Waals surface area contributed by atoms with Crippen LogP contribution in [-0.2, 0) is 4.74 Å². The Kier molecular flexibility index (Phi) is 2.88. The molecule has 1 saturated heterocycles. The Morgan fingerprint density at radius 2 is 2.33 bits per heavy atom. The third-order valence-electron chi connectivity index (χ3n) is 2.05. The maximum atomic E-state index is 10.6. The Hall–Kier alpha value is -0.810. The normalized spacial score (nSPS) is 30.3. The minimum Gasteiger partial charge on any atom is -0.465 e. The molecule has 1 rings (SSSR count). The molecule has 70 valence electrons. The molecular weight excluding hydrogens is 160 g/mol. The summed E-state index contributed by atoms with van der Waals surface area (Å²) in [4.78, 5) is 11.9. The van der Waals surface area contributed by atoms with Gasteiger partial charge in [-0.2, -0.15) is 0 Å². The number of rotatable bonds is 1. The topological polar surface area (TPSA) is 75.8 Å². The molecule has 1 amide bonds. The standard InChI is InChI=1S/C7H14N2O3/c1-12-6-2-5(8)3-9(4-6)7(10)11/h5-6H,2-4,8H2,1H3,(H,10,11)/t5-,6-/m1/s1. The van der Waals surface area contributed by atoms with Gasteiger partial charge < -0.3 is 20.5 Å². The van der Waals surface area contributed by atoms with Gasteiger partial charge in [-0.15, -0.1) is 0 Å². The van der Waals surface area contributed by atoms with Crippen LogP contribution in [-0.4, -0.2) is 48.4 Å². The average Bonchev–Trinajstić information content (AvgIpc) is 2.03. The zero-order chi connectivity index (χ0) is 9.14. The summed E-state index contributed by atoms with van der Waals surface area (Å²) in [6.45, 7) is 0.842. The van der Waals surface area contributed by atoms with E-state index in [1.165, 1.54) is 4.90 Å². The van der Waals surface area contributed by atoms with Gasteiger partial charge in [-0.25, -0.2) is 4.79 Å². The third-order valence-corrected chi connectivity index (χ3v) is 2.05. The van der Waals surface area contributed by atoms with Crippen molar-refractivity contribution in [3.05, 3.63) is 0 Å². The number of hydrogen-bond donors (Lipinski definition) is 2. The summed E-state index contributed by atoms with van der Waals surface area (Å²) in [6.07, 6.45) is -0.239. The summed E-state index contributed by atoms with van der Waals surface area (Å²) in [5.41, 5.74) is 5.64. The highest BCUT2D eigenvalue weighted by Gasteiger charge is 2.27. The molecule has 0 aliphatic carbocycles. The largest absolute Gasteiger partial charge is 0.465 e. The fourth-order valence-electron chi connectivity index (χ4n) is 1.42. The second kappa shape index (κ2) is 3.73. The minimum absolute atomic E-state index is 0.0511. The molecule has 3 N–H and O–H groups in total. The molecule has 0 bridgehead atoms. The zero-order valence-electron chi connectivity index (χ0n) is 7.06. The lowest BCUT2D eigenvalue weighted by molar-refractivity contribution is 0.0260. The van der Waals surface area contributed by atoms with Crippen molar-refractivity contribution in [1.29, 1.82) is 0 Å². The highest BCUT2D eigenvalue weighted by molar-refractivity contribution is 5.65. The van der Waals surface area contributed by atoms with Crippen LogP contribution in [0.1, 0.15) is 6.42 Å². The summed E-state index contributed by atoms with van der Waals surface area (Å²) in [6, 6.07) is -0.0974. The van der Waals surface area contributed by atoms with Gasteiger partial charge in [0.2, 0.25) is 0 Å². The number of carboxylic acid groups (broad SMARTS) is 1. The molecule has 1 fully saturated rings. The van der Waals surface area contributed by atoms with Crippen LogP contribution in [0.25, 0.3) is 0 Å². The van der Waals surface area contributed by atoms with E-state index in [1.807, 2.05) is 0 Å². The zero-order valence-corrected chi connectivity index (χ0v) is 7.06. The molecule has 2 atom stereocenters. The molecule has 5 nitrogen and oxygen atoms in total. The maximum Gasteiger partial charge on any atom is 0.407 e. The van der Waals surface area contributed by atoms with Crippen molar-refractivity contribution in [2.75, 3.05) is 20.2 Å². The van der Waals surface area contributed by atoms with Gasteiger partial charge >= 0.3 is 6.09 Å². The number of likely N-dealkylation sites (tertiary alicyclic amines) is 1. The Morgan fingerprint density at radius 1 is 1.67 bits per heavy atom. The number of amides is 1. The third kappa shape index (κ3) is 2.09. The highest BCUT2D eigenvalue weighted by Crippen LogP contribution is 2.11. The summed E-state index contributed by atoms with van der Waals surface area (Å²) < 4.78 is 5.06. The van der Waals surface area contributed by atoms with E-state index in [0.29, 0.717) is 13.1 Å². The van der Waals surface area contributed by atoms with Gasteiger partial charge in [0, 0.05) is 19.7 Å². The Labute approximate surface area is 71.1 Å². The van der Waals surface area contributed by atoms with Crippen LogP contribution < -0.4 is 5.73 Å². The van der Waals surface area contributed by atoms with Crippen LogP contribution in [0.5, 0.6) is 0 Å². The number of nitrogens with zero attached hydrogens (tertiary/aromatic N) is 1. The van der Waals surface area contributed by atoms with Crippen molar-refractivity contribution in [3.63, 3.8) is 0 Å². The van der Waals surface area contributed by atoms with Gasteiger partial charge in [0.25, 0.3) is 0 Å². The van der Waals surface area contributed by atoms with Crippen LogP contribution in [0.3, 0.4) is 0 Å². The van der Waals surface area contributed by atoms with E-state index in [-0.39, 0.29) is 12.1 Å². The predicted molar refractivity (Wildman–Crippen MR) is 43.0 cm³/mol. The second-order valence-corrected chi connectivity index (χ2v) is 3.04. The second-order valence-electron chi connectivity index (χ2n) is 3.04. The van der Waals surface area contributed by atoms with Crippen LogP contribution in [0.4, 0.5) is 4.79 Å². The van der Waals surface area contributed by atoms with E-state index in [1.54, 1.807) is 7.11 Å². The van der Waals surface area contributed by atoms with Crippen LogP contribution in [0.2, 0.25) is 0 Å². The van der Waals surface area contributed by atoms with Gasteiger partial charge in [0.1, 0.15) is 0 Å². The first-order valence-electron chi connectivity index (χ1n) is 3.89.